The Labute approximate surface area is 178 Å². The van der Waals surface area contributed by atoms with Crippen LogP contribution in [-0.4, -0.2) is 40.1 Å². The fourth-order valence-electron chi connectivity index (χ4n) is 1.08. The molecule has 0 aromatic heterocycles. The second-order valence-electron chi connectivity index (χ2n) is 4.32. The van der Waals surface area contributed by atoms with Crippen LogP contribution in [0.15, 0.2) is 0 Å². The maximum Gasteiger partial charge on any atom is 0.321 e. The predicted molar refractivity (Wildman–Crippen MR) is 74.7 cm³/mol. The Morgan fingerprint density at radius 3 is 1.76 bits per heavy atom. The molecule has 114 valence electrons. The number of aliphatic carboxylic acids is 1. The molecule has 0 aromatic carbocycles. The average Bonchev–Trinajstić information content (AvgIpc) is 2.55. The van der Waals surface area contributed by atoms with Crippen molar-refractivity contribution in [2.24, 2.45) is 11.8 Å². The third kappa shape index (κ3) is 9.28. The number of cyclic esters (lactones) is 2. The summed E-state index contributed by atoms with van der Waals surface area (Å²) in [6.07, 6.45) is 0. The van der Waals surface area contributed by atoms with Gasteiger partial charge in [0.15, 0.2) is 0 Å². The SMILES string of the molecule is CC(=O)C(C)C(P)C(=O)O.CC1C(=O)OC(=O)C1P.[Y].[Y]. The minimum absolute atomic E-state index is 0. The van der Waals surface area contributed by atoms with Crippen molar-refractivity contribution in [1.82, 2.24) is 0 Å². The van der Waals surface area contributed by atoms with Gasteiger partial charge in [-0.25, -0.2) is 0 Å². The largest absolute Gasteiger partial charge is 0.481 e. The molecule has 6 atom stereocenters. The van der Waals surface area contributed by atoms with E-state index in [-0.39, 0.29) is 82.8 Å². The van der Waals surface area contributed by atoms with Crippen LogP contribution in [0.1, 0.15) is 20.8 Å². The number of ketones is 1. The molecule has 2 radical (unpaired) electrons. The van der Waals surface area contributed by atoms with Gasteiger partial charge in [0.2, 0.25) is 0 Å². The zero-order valence-electron chi connectivity index (χ0n) is 12.1. The minimum Gasteiger partial charge on any atom is -0.481 e. The molecule has 6 nitrogen and oxygen atoms in total. The molecule has 1 rings (SSSR count). The third-order valence-electron chi connectivity index (χ3n) is 2.85. The summed E-state index contributed by atoms with van der Waals surface area (Å²) in [4.78, 5) is 42.0. The second-order valence-corrected chi connectivity index (χ2v) is 5.75. The van der Waals surface area contributed by atoms with E-state index in [9.17, 15) is 19.2 Å². The van der Waals surface area contributed by atoms with E-state index in [0.29, 0.717) is 0 Å². The molecule has 0 bridgehead atoms. The molecule has 0 amide bonds. The van der Waals surface area contributed by atoms with E-state index in [0.717, 1.165) is 0 Å². The minimum atomic E-state index is -0.951. The van der Waals surface area contributed by atoms with Crippen molar-refractivity contribution in [3.63, 3.8) is 0 Å². The zero-order chi connectivity index (χ0) is 15.3. The summed E-state index contributed by atoms with van der Waals surface area (Å²) < 4.78 is 4.29. The summed E-state index contributed by atoms with van der Waals surface area (Å²) >= 11 is 0. The van der Waals surface area contributed by atoms with Gasteiger partial charge in [-0.1, -0.05) is 13.8 Å². The number of Topliss-reactive ketones (excluding diaryl/α,β-unsaturated/α-hetero) is 1. The summed E-state index contributed by atoms with van der Waals surface area (Å²) in [7, 11) is 4.42. The van der Waals surface area contributed by atoms with Crippen molar-refractivity contribution >= 4 is 42.2 Å². The van der Waals surface area contributed by atoms with Gasteiger partial charge in [0.05, 0.1) is 17.2 Å². The van der Waals surface area contributed by atoms with Gasteiger partial charge in [-0.05, 0) is 6.92 Å². The standard InChI is InChI=1S/C6H11O3P.C5H7O3P.2Y/c1-3(4(2)7)5(10)6(8)9;1-2-3(9)5(7)8-4(2)6;;/h3,5H,10H2,1-2H3,(H,8,9);2-3H,9H2,1H3;;. The van der Waals surface area contributed by atoms with Crippen LogP contribution in [0.3, 0.4) is 0 Å². The Bertz CT molecular complexity index is 368. The van der Waals surface area contributed by atoms with E-state index in [1.807, 2.05) is 0 Å². The van der Waals surface area contributed by atoms with Crippen LogP contribution < -0.4 is 0 Å². The Morgan fingerprint density at radius 2 is 1.67 bits per heavy atom. The molecule has 6 unspecified atom stereocenters. The first-order chi connectivity index (χ1) is 8.59. The van der Waals surface area contributed by atoms with Gasteiger partial charge in [-0.15, -0.1) is 18.5 Å². The molecule has 1 aliphatic rings. The van der Waals surface area contributed by atoms with Crippen LogP contribution in [0.5, 0.6) is 0 Å². The smallest absolute Gasteiger partial charge is 0.321 e. The van der Waals surface area contributed by atoms with Crippen LogP contribution in [0.2, 0.25) is 0 Å². The number of carboxylic acids is 1. The molecular formula is C11H18O6P2Y2. The number of ether oxygens (including phenoxy) is 1. The van der Waals surface area contributed by atoms with E-state index < -0.39 is 29.5 Å². The fraction of sp³-hybridized carbons (Fsp3) is 0.636. The molecule has 0 spiro atoms. The van der Waals surface area contributed by atoms with E-state index in [1.54, 1.807) is 13.8 Å². The van der Waals surface area contributed by atoms with Gasteiger partial charge in [-0.2, -0.15) is 0 Å². The van der Waals surface area contributed by atoms with Crippen molar-refractivity contribution in [3.05, 3.63) is 0 Å². The molecule has 21 heavy (non-hydrogen) atoms. The van der Waals surface area contributed by atoms with Crippen molar-refractivity contribution in [1.29, 1.82) is 0 Å². The van der Waals surface area contributed by atoms with Crippen LogP contribution >= 0.6 is 18.5 Å². The fourth-order valence-corrected chi connectivity index (χ4v) is 1.57. The number of carboxylic acid groups (broad SMARTS) is 1. The summed E-state index contributed by atoms with van der Waals surface area (Å²) in [6.45, 7) is 4.67. The molecule has 1 fully saturated rings. The van der Waals surface area contributed by atoms with Gasteiger partial charge in [-0.3, -0.25) is 19.2 Å². The van der Waals surface area contributed by atoms with Gasteiger partial charge < -0.3 is 9.84 Å². The molecule has 10 heteroatoms. The first-order valence-electron chi connectivity index (χ1n) is 5.59. The van der Waals surface area contributed by atoms with Gasteiger partial charge in [0.25, 0.3) is 0 Å². The predicted octanol–water partition coefficient (Wildman–Crippen LogP) is 0.484. The van der Waals surface area contributed by atoms with Crippen LogP contribution in [0, 0.1) is 11.8 Å². The summed E-state index contributed by atoms with van der Waals surface area (Å²) in [5.74, 6) is -2.60. The molecule has 0 saturated carbocycles. The van der Waals surface area contributed by atoms with Gasteiger partial charge in [0.1, 0.15) is 5.78 Å². The van der Waals surface area contributed by atoms with Gasteiger partial charge in [0, 0.05) is 71.3 Å². The summed E-state index contributed by atoms with van der Waals surface area (Å²) in [5.41, 5.74) is -0.991. The maximum atomic E-state index is 10.6. The van der Waals surface area contributed by atoms with E-state index in [1.165, 1.54) is 6.92 Å². The average molecular weight is 486 g/mol. The number of hydrogen-bond acceptors (Lipinski definition) is 5. The number of hydrogen-bond donors (Lipinski definition) is 1. The topological polar surface area (TPSA) is 97.7 Å². The van der Waals surface area contributed by atoms with Crippen LogP contribution in [-0.2, 0) is 89.3 Å². The Morgan fingerprint density at radius 1 is 1.24 bits per heavy atom. The zero-order valence-corrected chi connectivity index (χ0v) is 20.1. The Kier molecular flexibility index (Phi) is 16.5. The van der Waals surface area contributed by atoms with E-state index >= 15 is 0 Å². The first kappa shape index (κ1) is 27.2. The monoisotopic (exact) mass is 486 g/mol. The van der Waals surface area contributed by atoms with Crippen LogP contribution in [0.4, 0.5) is 0 Å². The van der Waals surface area contributed by atoms with Gasteiger partial charge >= 0.3 is 17.9 Å². The van der Waals surface area contributed by atoms with E-state index in [2.05, 4.69) is 23.2 Å². The molecular weight excluding hydrogens is 468 g/mol. The molecule has 1 N–H and O–H groups in total. The van der Waals surface area contributed by atoms with Crippen molar-refractivity contribution < 1.29 is 94.4 Å². The Balaban J connectivity index is -0.000000282. The summed E-state index contributed by atoms with van der Waals surface area (Å²) in [6, 6.07) is 0. The van der Waals surface area contributed by atoms with Crippen molar-refractivity contribution in [3.8, 4) is 0 Å². The maximum absolute atomic E-state index is 10.6. The number of rotatable bonds is 3. The molecule has 0 aliphatic carbocycles. The molecule has 1 saturated heterocycles. The number of carbonyl (C=O) groups excluding carboxylic acids is 3. The first-order valence-corrected chi connectivity index (χ1v) is 6.92. The van der Waals surface area contributed by atoms with Crippen molar-refractivity contribution in [2.45, 2.75) is 32.1 Å². The molecule has 1 heterocycles. The van der Waals surface area contributed by atoms with Crippen molar-refractivity contribution in [2.75, 3.05) is 0 Å². The second kappa shape index (κ2) is 12.7. The number of esters is 2. The van der Waals surface area contributed by atoms with Crippen LogP contribution in [0.25, 0.3) is 0 Å². The Hall–Kier alpha value is 1.35. The molecule has 1 aliphatic heterocycles. The van der Waals surface area contributed by atoms with E-state index in [4.69, 9.17) is 5.11 Å². The normalized spacial score (nSPS) is 22.5. The summed E-state index contributed by atoms with van der Waals surface area (Å²) in [5, 5.41) is 8.43. The third-order valence-corrected chi connectivity index (χ3v) is 4.56. The quantitative estimate of drug-likeness (QED) is 0.355. The molecule has 0 aromatic rings. The number of carbonyl (C=O) groups is 4.